The van der Waals surface area contributed by atoms with Gasteiger partial charge in [0, 0.05) is 22.3 Å². The minimum absolute atomic E-state index is 0.0135. The van der Waals surface area contributed by atoms with Crippen molar-refractivity contribution in [3.63, 3.8) is 0 Å². The van der Waals surface area contributed by atoms with Crippen LogP contribution < -0.4 is 14.8 Å². The van der Waals surface area contributed by atoms with Crippen LogP contribution in [0.4, 0.5) is 10.1 Å². The van der Waals surface area contributed by atoms with E-state index in [1.807, 2.05) is 49.4 Å². The zero-order valence-corrected chi connectivity index (χ0v) is 17.7. The van der Waals surface area contributed by atoms with Gasteiger partial charge in [0.1, 0.15) is 12.4 Å². The fourth-order valence-electron chi connectivity index (χ4n) is 2.67. The highest BCUT2D eigenvalue weighted by Gasteiger charge is 2.14. The number of para-hydroxylation sites is 1. The second kappa shape index (κ2) is 9.80. The van der Waals surface area contributed by atoms with Gasteiger partial charge in [0.2, 0.25) is 0 Å². The summed E-state index contributed by atoms with van der Waals surface area (Å²) in [6.45, 7) is 3.02. The van der Waals surface area contributed by atoms with Gasteiger partial charge in [-0.05, 0) is 48.9 Å². The zero-order valence-electron chi connectivity index (χ0n) is 15.3. The molecule has 0 spiro atoms. The molecule has 28 heavy (non-hydrogen) atoms. The Hall–Kier alpha value is -2.24. The number of hydrogen-bond donors (Lipinski definition) is 1. The van der Waals surface area contributed by atoms with Crippen molar-refractivity contribution in [2.45, 2.75) is 20.1 Å². The molecule has 0 aromatic heterocycles. The van der Waals surface area contributed by atoms with Crippen LogP contribution in [0, 0.1) is 5.82 Å². The molecule has 3 aromatic carbocycles. The van der Waals surface area contributed by atoms with E-state index in [0.29, 0.717) is 35.2 Å². The molecule has 0 heterocycles. The summed E-state index contributed by atoms with van der Waals surface area (Å²) in [5.74, 6) is 0.729. The largest absolute Gasteiger partial charge is 0.490 e. The molecule has 146 valence electrons. The van der Waals surface area contributed by atoms with Gasteiger partial charge in [-0.15, -0.1) is 0 Å². The number of ether oxygens (including phenoxy) is 2. The SMILES string of the molecule is CCOc1cc(CNc2ccccc2)c(Br)cc1OCc1c(F)cccc1Cl. The van der Waals surface area contributed by atoms with E-state index < -0.39 is 5.82 Å². The van der Waals surface area contributed by atoms with Gasteiger partial charge in [0.15, 0.2) is 11.5 Å². The minimum Gasteiger partial charge on any atom is -0.490 e. The van der Waals surface area contributed by atoms with Crippen molar-refractivity contribution in [2.24, 2.45) is 0 Å². The van der Waals surface area contributed by atoms with E-state index in [4.69, 9.17) is 21.1 Å². The van der Waals surface area contributed by atoms with Gasteiger partial charge in [-0.2, -0.15) is 0 Å². The highest BCUT2D eigenvalue weighted by molar-refractivity contribution is 9.10. The van der Waals surface area contributed by atoms with Crippen LogP contribution in [-0.2, 0) is 13.2 Å². The van der Waals surface area contributed by atoms with Crippen molar-refractivity contribution in [1.82, 2.24) is 0 Å². The summed E-state index contributed by atoms with van der Waals surface area (Å²) in [6, 6.07) is 18.3. The maximum absolute atomic E-state index is 14.0. The third-order valence-electron chi connectivity index (χ3n) is 4.10. The summed E-state index contributed by atoms with van der Waals surface area (Å²) in [4.78, 5) is 0. The summed E-state index contributed by atoms with van der Waals surface area (Å²) in [7, 11) is 0. The highest BCUT2D eigenvalue weighted by atomic mass is 79.9. The average Bonchev–Trinajstić information content (AvgIpc) is 2.69. The lowest BCUT2D eigenvalue weighted by Gasteiger charge is -2.16. The Morgan fingerprint density at radius 2 is 1.75 bits per heavy atom. The van der Waals surface area contributed by atoms with E-state index in [1.54, 1.807) is 12.1 Å². The van der Waals surface area contributed by atoms with E-state index in [0.717, 1.165) is 15.7 Å². The van der Waals surface area contributed by atoms with E-state index >= 15 is 0 Å². The topological polar surface area (TPSA) is 30.5 Å². The van der Waals surface area contributed by atoms with Crippen molar-refractivity contribution in [3.05, 3.63) is 87.1 Å². The maximum atomic E-state index is 14.0. The van der Waals surface area contributed by atoms with Crippen LogP contribution in [0.1, 0.15) is 18.1 Å². The van der Waals surface area contributed by atoms with Crippen LogP contribution in [0.25, 0.3) is 0 Å². The number of hydrogen-bond acceptors (Lipinski definition) is 3. The first-order valence-corrected chi connectivity index (χ1v) is 10.1. The van der Waals surface area contributed by atoms with Gasteiger partial charge in [0.25, 0.3) is 0 Å². The molecule has 3 rings (SSSR count). The predicted molar refractivity (Wildman–Crippen MR) is 115 cm³/mol. The second-order valence-corrected chi connectivity index (χ2v) is 7.29. The Balaban J connectivity index is 1.78. The molecule has 0 atom stereocenters. The maximum Gasteiger partial charge on any atom is 0.162 e. The highest BCUT2D eigenvalue weighted by Crippen LogP contribution is 2.35. The average molecular weight is 465 g/mol. The zero-order chi connectivity index (χ0) is 19.9. The van der Waals surface area contributed by atoms with Gasteiger partial charge in [-0.25, -0.2) is 4.39 Å². The second-order valence-electron chi connectivity index (χ2n) is 6.03. The molecular weight excluding hydrogens is 445 g/mol. The molecule has 1 N–H and O–H groups in total. The lowest BCUT2D eigenvalue weighted by molar-refractivity contribution is 0.265. The first-order chi connectivity index (χ1) is 13.6. The molecule has 0 fully saturated rings. The van der Waals surface area contributed by atoms with Crippen LogP contribution in [0.3, 0.4) is 0 Å². The molecule has 6 heteroatoms. The molecule has 0 saturated heterocycles. The normalized spacial score (nSPS) is 10.6. The Morgan fingerprint density at radius 3 is 2.46 bits per heavy atom. The molecular formula is C22H20BrClFNO2. The monoisotopic (exact) mass is 463 g/mol. The van der Waals surface area contributed by atoms with E-state index in [-0.39, 0.29) is 6.61 Å². The molecule has 0 aliphatic carbocycles. The third kappa shape index (κ3) is 5.18. The first-order valence-electron chi connectivity index (χ1n) is 8.88. The lowest BCUT2D eigenvalue weighted by atomic mass is 10.2. The van der Waals surface area contributed by atoms with Crippen molar-refractivity contribution in [2.75, 3.05) is 11.9 Å². The van der Waals surface area contributed by atoms with Crippen LogP contribution in [0.2, 0.25) is 5.02 Å². The Labute approximate surface area is 177 Å². The van der Waals surface area contributed by atoms with Gasteiger partial charge < -0.3 is 14.8 Å². The van der Waals surface area contributed by atoms with Crippen molar-refractivity contribution in [3.8, 4) is 11.5 Å². The first kappa shape index (κ1) is 20.5. The summed E-state index contributed by atoms with van der Waals surface area (Å²) >= 11 is 9.67. The van der Waals surface area contributed by atoms with Crippen LogP contribution in [-0.4, -0.2) is 6.61 Å². The Bertz CT molecular complexity index is 917. The molecule has 3 aromatic rings. The predicted octanol–water partition coefficient (Wildman–Crippen LogP) is 6.83. The summed E-state index contributed by atoms with van der Waals surface area (Å²) in [5.41, 5.74) is 2.36. The molecule has 0 unspecified atom stereocenters. The molecule has 0 aliphatic heterocycles. The number of anilines is 1. The smallest absolute Gasteiger partial charge is 0.162 e. The number of nitrogens with one attached hydrogen (secondary N) is 1. The number of rotatable bonds is 8. The molecule has 0 aliphatic rings. The fraction of sp³-hybridized carbons (Fsp3) is 0.182. The summed E-state index contributed by atoms with van der Waals surface area (Å²) in [5, 5.41) is 3.70. The standard InChI is InChI=1S/C22H20BrClFNO2/c1-2-27-21-11-15(13-26-16-7-4-3-5-8-16)18(23)12-22(21)28-14-17-19(24)9-6-10-20(17)25/h3-12,26H,2,13-14H2,1H3. The fourth-order valence-corrected chi connectivity index (χ4v) is 3.35. The molecule has 0 bridgehead atoms. The minimum atomic E-state index is -0.395. The van der Waals surface area contributed by atoms with E-state index in [1.165, 1.54) is 6.07 Å². The molecule has 0 amide bonds. The van der Waals surface area contributed by atoms with Gasteiger partial charge in [-0.1, -0.05) is 51.8 Å². The van der Waals surface area contributed by atoms with Crippen LogP contribution in [0.15, 0.2) is 65.1 Å². The quantitative estimate of drug-likeness (QED) is 0.396. The third-order valence-corrected chi connectivity index (χ3v) is 5.20. The number of benzene rings is 3. The Kier molecular flexibility index (Phi) is 7.18. The number of halogens is 3. The summed E-state index contributed by atoms with van der Waals surface area (Å²) in [6.07, 6.45) is 0. The molecule has 0 saturated carbocycles. The summed E-state index contributed by atoms with van der Waals surface area (Å²) < 4.78 is 26.4. The van der Waals surface area contributed by atoms with Crippen molar-refractivity contribution in [1.29, 1.82) is 0 Å². The van der Waals surface area contributed by atoms with E-state index in [2.05, 4.69) is 21.2 Å². The van der Waals surface area contributed by atoms with Crippen LogP contribution in [0.5, 0.6) is 11.5 Å². The van der Waals surface area contributed by atoms with Crippen LogP contribution >= 0.6 is 27.5 Å². The van der Waals surface area contributed by atoms with Gasteiger partial charge in [-0.3, -0.25) is 0 Å². The Morgan fingerprint density at radius 1 is 1.00 bits per heavy atom. The lowest BCUT2D eigenvalue weighted by Crippen LogP contribution is -2.05. The van der Waals surface area contributed by atoms with E-state index in [9.17, 15) is 4.39 Å². The molecule has 0 radical (unpaired) electrons. The molecule has 3 nitrogen and oxygen atoms in total. The van der Waals surface area contributed by atoms with Gasteiger partial charge >= 0.3 is 0 Å². The van der Waals surface area contributed by atoms with Crippen molar-refractivity contribution >= 4 is 33.2 Å². The van der Waals surface area contributed by atoms with Crippen molar-refractivity contribution < 1.29 is 13.9 Å². The van der Waals surface area contributed by atoms with Gasteiger partial charge in [0.05, 0.1) is 11.6 Å².